The molecule has 1 aliphatic rings. The van der Waals surface area contributed by atoms with Crippen molar-refractivity contribution in [2.45, 2.75) is 72.4 Å². The number of pyridine rings is 1. The molecule has 1 aromatic carbocycles. The predicted molar refractivity (Wildman–Crippen MR) is 147 cm³/mol. The number of carbonyl (C=O) groups is 2. The topological polar surface area (TPSA) is 86.1 Å². The van der Waals surface area contributed by atoms with Gasteiger partial charge in [-0.05, 0) is 70.6 Å². The zero-order chi connectivity index (χ0) is 26.1. The lowest BCUT2D eigenvalue weighted by Gasteiger charge is -2.15. The summed E-state index contributed by atoms with van der Waals surface area (Å²) in [5, 5.41) is 8.97. The van der Waals surface area contributed by atoms with E-state index in [2.05, 4.69) is 10.4 Å². The Labute approximate surface area is 220 Å². The molecule has 0 bridgehead atoms. The van der Waals surface area contributed by atoms with Crippen LogP contribution in [0.1, 0.15) is 76.9 Å². The SMILES string of the molecule is CCC(C)OC(=O)c1c(NC(=O)c2cc(-c3cn(CC)nc3C)nc3ccccc23)sc2c1CCCC2. The van der Waals surface area contributed by atoms with Crippen LogP contribution in [0.25, 0.3) is 22.2 Å². The van der Waals surface area contributed by atoms with E-state index in [4.69, 9.17) is 9.72 Å². The second-order valence-electron chi connectivity index (χ2n) is 9.55. The molecule has 1 unspecified atom stereocenters. The van der Waals surface area contributed by atoms with Gasteiger partial charge in [-0.3, -0.25) is 9.48 Å². The van der Waals surface area contributed by atoms with Crippen LogP contribution in [0.2, 0.25) is 0 Å². The molecule has 4 aromatic rings. The van der Waals surface area contributed by atoms with Gasteiger partial charge < -0.3 is 10.1 Å². The van der Waals surface area contributed by atoms with Crippen LogP contribution in [0.4, 0.5) is 5.00 Å². The number of carbonyl (C=O) groups excluding carboxylic acids is 2. The van der Waals surface area contributed by atoms with Crippen LogP contribution >= 0.6 is 11.3 Å². The second kappa shape index (κ2) is 10.5. The zero-order valence-corrected chi connectivity index (χ0v) is 22.6. The van der Waals surface area contributed by atoms with E-state index in [1.807, 2.05) is 68.9 Å². The summed E-state index contributed by atoms with van der Waals surface area (Å²) in [6, 6.07) is 9.46. The Morgan fingerprint density at radius 2 is 1.97 bits per heavy atom. The van der Waals surface area contributed by atoms with Gasteiger partial charge in [0.05, 0.1) is 34.1 Å². The number of anilines is 1. The Hall–Kier alpha value is -3.52. The number of para-hydroxylation sites is 1. The number of rotatable bonds is 7. The number of hydrogen-bond donors (Lipinski definition) is 1. The second-order valence-corrected chi connectivity index (χ2v) is 10.7. The number of aryl methyl sites for hydroxylation is 3. The first-order chi connectivity index (χ1) is 17.9. The van der Waals surface area contributed by atoms with E-state index in [0.29, 0.717) is 21.8 Å². The number of nitrogens with zero attached hydrogens (tertiary/aromatic N) is 3. The molecule has 0 aliphatic heterocycles. The highest BCUT2D eigenvalue weighted by molar-refractivity contribution is 7.17. The molecule has 1 amide bonds. The number of benzene rings is 1. The van der Waals surface area contributed by atoms with E-state index in [9.17, 15) is 9.59 Å². The molecule has 3 aromatic heterocycles. The van der Waals surface area contributed by atoms with Crippen molar-refractivity contribution in [1.29, 1.82) is 0 Å². The molecular weight excluding hydrogens is 484 g/mol. The maximum Gasteiger partial charge on any atom is 0.341 e. The van der Waals surface area contributed by atoms with Gasteiger partial charge in [0.25, 0.3) is 5.91 Å². The zero-order valence-electron chi connectivity index (χ0n) is 21.8. The van der Waals surface area contributed by atoms with Crippen molar-refractivity contribution in [3.8, 4) is 11.3 Å². The fourth-order valence-corrected chi connectivity index (χ4v) is 6.07. The molecule has 0 fully saturated rings. The van der Waals surface area contributed by atoms with Crippen molar-refractivity contribution >= 4 is 39.1 Å². The number of hydrogen-bond acceptors (Lipinski definition) is 6. The van der Waals surface area contributed by atoms with Crippen LogP contribution in [0.5, 0.6) is 0 Å². The molecule has 5 rings (SSSR count). The summed E-state index contributed by atoms with van der Waals surface area (Å²) in [7, 11) is 0. The molecule has 3 heterocycles. The fourth-order valence-electron chi connectivity index (χ4n) is 4.80. The van der Waals surface area contributed by atoms with Crippen LogP contribution in [-0.2, 0) is 24.1 Å². The van der Waals surface area contributed by atoms with Crippen molar-refractivity contribution in [1.82, 2.24) is 14.8 Å². The Bertz CT molecular complexity index is 1490. The maximum absolute atomic E-state index is 13.8. The summed E-state index contributed by atoms with van der Waals surface area (Å²) >= 11 is 1.50. The average molecular weight is 517 g/mol. The number of thiophene rings is 1. The van der Waals surface area contributed by atoms with E-state index in [1.165, 1.54) is 16.2 Å². The van der Waals surface area contributed by atoms with Gasteiger partial charge in [0.15, 0.2) is 0 Å². The molecule has 7 nitrogen and oxygen atoms in total. The van der Waals surface area contributed by atoms with Gasteiger partial charge in [-0.2, -0.15) is 5.10 Å². The van der Waals surface area contributed by atoms with Crippen molar-refractivity contribution in [2.75, 3.05) is 5.32 Å². The average Bonchev–Trinajstić information content (AvgIpc) is 3.47. The highest BCUT2D eigenvalue weighted by atomic mass is 32.1. The van der Waals surface area contributed by atoms with Gasteiger partial charge in [-0.1, -0.05) is 25.1 Å². The smallest absolute Gasteiger partial charge is 0.341 e. The van der Waals surface area contributed by atoms with Crippen molar-refractivity contribution < 1.29 is 14.3 Å². The Morgan fingerprint density at radius 1 is 1.19 bits per heavy atom. The minimum absolute atomic E-state index is 0.186. The normalized spacial score (nSPS) is 13.8. The Kier molecular flexibility index (Phi) is 7.11. The summed E-state index contributed by atoms with van der Waals surface area (Å²) in [6.45, 7) is 8.61. The lowest BCUT2D eigenvalue weighted by molar-refractivity contribution is 0.0335. The summed E-state index contributed by atoms with van der Waals surface area (Å²) in [6.07, 6.45) is 6.38. The summed E-state index contributed by atoms with van der Waals surface area (Å²) < 4.78 is 7.58. The predicted octanol–water partition coefficient (Wildman–Crippen LogP) is 6.57. The van der Waals surface area contributed by atoms with Crippen LogP contribution in [0, 0.1) is 6.92 Å². The molecular formula is C29H32N4O3S. The first kappa shape index (κ1) is 25.1. The standard InChI is InChI=1S/C29H32N4O3S/c1-5-17(3)36-29(35)26-20-12-8-10-14-25(20)37-28(26)31-27(34)21-15-24(22-16-33(6-2)32-18(22)4)30-23-13-9-7-11-19(21)23/h7,9,11,13,15-17H,5-6,8,10,12,14H2,1-4H3,(H,31,34). The van der Waals surface area contributed by atoms with Gasteiger partial charge in [-0.15, -0.1) is 11.3 Å². The minimum Gasteiger partial charge on any atom is -0.459 e. The van der Waals surface area contributed by atoms with Crippen molar-refractivity contribution in [3.05, 3.63) is 63.8 Å². The first-order valence-electron chi connectivity index (χ1n) is 13.0. The first-order valence-corrected chi connectivity index (χ1v) is 13.8. The largest absolute Gasteiger partial charge is 0.459 e. The molecule has 0 saturated heterocycles. The third kappa shape index (κ3) is 4.90. The molecule has 0 spiro atoms. The molecule has 0 radical (unpaired) electrons. The summed E-state index contributed by atoms with van der Waals surface area (Å²) in [5.41, 5.74) is 5.24. The van der Waals surface area contributed by atoms with E-state index < -0.39 is 0 Å². The van der Waals surface area contributed by atoms with Gasteiger partial charge in [0.1, 0.15) is 5.00 Å². The van der Waals surface area contributed by atoms with Crippen LogP contribution in [0.3, 0.4) is 0 Å². The molecule has 192 valence electrons. The number of aromatic nitrogens is 3. The highest BCUT2D eigenvalue weighted by Crippen LogP contribution is 2.39. The molecule has 1 aliphatic carbocycles. The fraction of sp³-hybridized carbons (Fsp3) is 0.379. The number of nitrogens with one attached hydrogen (secondary N) is 1. The van der Waals surface area contributed by atoms with E-state index >= 15 is 0 Å². The Balaban J connectivity index is 1.57. The van der Waals surface area contributed by atoms with E-state index in [1.54, 1.807) is 0 Å². The van der Waals surface area contributed by atoms with E-state index in [0.717, 1.165) is 66.4 Å². The number of ether oxygens (including phenoxy) is 1. The van der Waals surface area contributed by atoms with Gasteiger partial charge >= 0.3 is 5.97 Å². The number of esters is 1. The van der Waals surface area contributed by atoms with Crippen molar-refractivity contribution in [2.24, 2.45) is 0 Å². The summed E-state index contributed by atoms with van der Waals surface area (Å²) in [4.78, 5) is 33.0. The van der Waals surface area contributed by atoms with Crippen LogP contribution in [-0.4, -0.2) is 32.7 Å². The van der Waals surface area contributed by atoms with Crippen LogP contribution < -0.4 is 5.32 Å². The quantitative estimate of drug-likeness (QED) is 0.281. The monoisotopic (exact) mass is 516 g/mol. The van der Waals surface area contributed by atoms with Crippen LogP contribution in [0.15, 0.2) is 36.5 Å². The number of amides is 1. The molecule has 1 N–H and O–H groups in total. The minimum atomic E-state index is -0.355. The third-order valence-corrected chi connectivity index (χ3v) is 8.20. The molecule has 0 saturated carbocycles. The summed E-state index contributed by atoms with van der Waals surface area (Å²) in [5.74, 6) is -0.622. The Morgan fingerprint density at radius 3 is 2.73 bits per heavy atom. The molecule has 1 atom stereocenters. The van der Waals surface area contributed by atoms with E-state index in [-0.39, 0.29) is 18.0 Å². The molecule has 37 heavy (non-hydrogen) atoms. The van der Waals surface area contributed by atoms with Gasteiger partial charge in [-0.25, -0.2) is 9.78 Å². The number of fused-ring (bicyclic) bond motifs is 2. The van der Waals surface area contributed by atoms with Gasteiger partial charge in [0, 0.05) is 28.6 Å². The maximum atomic E-state index is 13.8. The van der Waals surface area contributed by atoms with Gasteiger partial charge in [0.2, 0.25) is 0 Å². The lowest BCUT2D eigenvalue weighted by atomic mass is 9.95. The highest BCUT2D eigenvalue weighted by Gasteiger charge is 2.29. The third-order valence-electron chi connectivity index (χ3n) is 6.99. The van der Waals surface area contributed by atoms with Crippen molar-refractivity contribution in [3.63, 3.8) is 0 Å². The molecule has 8 heteroatoms. The lowest BCUT2D eigenvalue weighted by Crippen LogP contribution is -2.19.